The normalized spacial score (nSPS) is 16.7. The van der Waals surface area contributed by atoms with Gasteiger partial charge in [-0.2, -0.15) is 16.3 Å². The Hall–Kier alpha value is -2.03. The number of piperazine rings is 1. The summed E-state index contributed by atoms with van der Waals surface area (Å²) in [5.74, 6) is 2.48. The van der Waals surface area contributed by atoms with Crippen molar-refractivity contribution in [3.8, 4) is 11.4 Å². The predicted molar refractivity (Wildman–Crippen MR) is 91.4 cm³/mol. The highest BCUT2D eigenvalue weighted by Crippen LogP contribution is 2.19. The van der Waals surface area contributed by atoms with Crippen molar-refractivity contribution in [2.75, 3.05) is 26.2 Å². The first-order chi connectivity index (χ1) is 11.8. The maximum Gasteiger partial charge on any atom is 0.241 e. The fourth-order valence-electron chi connectivity index (χ4n) is 2.87. The van der Waals surface area contributed by atoms with Gasteiger partial charge in [-0.25, -0.2) is 4.98 Å². The maximum atomic E-state index is 5.39. The first-order valence-corrected chi connectivity index (χ1v) is 8.98. The van der Waals surface area contributed by atoms with Gasteiger partial charge in [0, 0.05) is 56.6 Å². The van der Waals surface area contributed by atoms with Gasteiger partial charge in [0.2, 0.25) is 11.7 Å². The fraction of sp³-hybridized carbons (Fsp3) is 0.438. The van der Waals surface area contributed by atoms with Crippen LogP contribution in [0.3, 0.4) is 0 Å². The number of hydrogen-bond donors (Lipinski definition) is 0. The molecule has 3 aromatic rings. The molecule has 0 unspecified atom stereocenters. The first kappa shape index (κ1) is 15.5. The van der Waals surface area contributed by atoms with Crippen molar-refractivity contribution in [2.45, 2.75) is 13.1 Å². The molecule has 7 nitrogen and oxygen atoms in total. The topological polar surface area (TPSA) is 63.2 Å². The molecule has 0 radical (unpaired) electrons. The third-order valence-electron chi connectivity index (χ3n) is 4.36. The zero-order valence-electron chi connectivity index (χ0n) is 13.6. The molecular weight excluding hydrogens is 324 g/mol. The number of hydrogen-bond acceptors (Lipinski definition) is 7. The van der Waals surface area contributed by atoms with E-state index in [1.807, 2.05) is 36.3 Å². The second-order valence-corrected chi connectivity index (χ2v) is 6.81. The van der Waals surface area contributed by atoms with Gasteiger partial charge in [0.15, 0.2) is 0 Å². The summed E-state index contributed by atoms with van der Waals surface area (Å²) in [6.07, 6.45) is 3.85. The number of rotatable bonds is 5. The number of aromatic nitrogens is 4. The van der Waals surface area contributed by atoms with Crippen LogP contribution in [0.2, 0.25) is 0 Å². The number of nitrogens with zero attached hydrogens (tertiary/aromatic N) is 6. The van der Waals surface area contributed by atoms with E-state index in [1.165, 1.54) is 0 Å². The van der Waals surface area contributed by atoms with Gasteiger partial charge in [-0.05, 0) is 11.4 Å². The first-order valence-electron chi connectivity index (χ1n) is 8.04. The highest BCUT2D eigenvalue weighted by atomic mass is 32.1. The Balaban J connectivity index is 1.30. The van der Waals surface area contributed by atoms with Crippen LogP contribution in [0.15, 0.2) is 33.7 Å². The van der Waals surface area contributed by atoms with Crippen LogP contribution < -0.4 is 0 Å². The molecule has 4 heterocycles. The maximum absolute atomic E-state index is 5.39. The van der Waals surface area contributed by atoms with E-state index in [4.69, 9.17) is 4.52 Å². The van der Waals surface area contributed by atoms with Crippen molar-refractivity contribution in [1.29, 1.82) is 0 Å². The molecule has 0 aromatic carbocycles. The Morgan fingerprint density at radius 1 is 1.17 bits per heavy atom. The molecule has 8 heteroatoms. The van der Waals surface area contributed by atoms with Crippen molar-refractivity contribution in [1.82, 2.24) is 29.5 Å². The molecule has 0 aliphatic carbocycles. The van der Waals surface area contributed by atoms with Gasteiger partial charge in [-0.15, -0.1) is 0 Å². The summed E-state index contributed by atoms with van der Waals surface area (Å²) >= 11 is 1.64. The summed E-state index contributed by atoms with van der Waals surface area (Å²) in [7, 11) is 2.04. The van der Waals surface area contributed by atoms with Gasteiger partial charge in [0.1, 0.15) is 5.82 Å². The van der Waals surface area contributed by atoms with Crippen LogP contribution in [0.5, 0.6) is 0 Å². The molecule has 1 aliphatic rings. The summed E-state index contributed by atoms with van der Waals surface area (Å²) in [4.78, 5) is 13.7. The van der Waals surface area contributed by atoms with Gasteiger partial charge < -0.3 is 9.09 Å². The summed E-state index contributed by atoms with van der Waals surface area (Å²) in [6.45, 7) is 5.67. The quantitative estimate of drug-likeness (QED) is 0.704. The average Bonchev–Trinajstić information content (AvgIpc) is 3.32. The zero-order valence-corrected chi connectivity index (χ0v) is 14.4. The van der Waals surface area contributed by atoms with Crippen LogP contribution in [-0.4, -0.2) is 55.7 Å². The van der Waals surface area contributed by atoms with Gasteiger partial charge in [-0.3, -0.25) is 9.80 Å². The third kappa shape index (κ3) is 3.40. The van der Waals surface area contributed by atoms with Gasteiger partial charge >= 0.3 is 0 Å². The predicted octanol–water partition coefficient (Wildman–Crippen LogP) is 1.85. The van der Waals surface area contributed by atoms with Crippen molar-refractivity contribution in [2.24, 2.45) is 7.05 Å². The van der Waals surface area contributed by atoms with Crippen molar-refractivity contribution in [3.63, 3.8) is 0 Å². The Kier molecular flexibility index (Phi) is 4.42. The molecule has 4 rings (SSSR count). The van der Waals surface area contributed by atoms with Crippen LogP contribution in [-0.2, 0) is 20.1 Å². The van der Waals surface area contributed by atoms with Crippen molar-refractivity contribution >= 4 is 11.3 Å². The second kappa shape index (κ2) is 6.84. The molecule has 0 amide bonds. The molecule has 0 saturated carbocycles. The number of thiophene rings is 1. The highest BCUT2D eigenvalue weighted by molar-refractivity contribution is 7.08. The molecule has 0 atom stereocenters. The lowest BCUT2D eigenvalue weighted by atomic mass is 10.3. The summed E-state index contributed by atoms with van der Waals surface area (Å²) < 4.78 is 7.47. The minimum Gasteiger partial charge on any atom is -0.338 e. The van der Waals surface area contributed by atoms with Gasteiger partial charge in [0.25, 0.3) is 0 Å². The van der Waals surface area contributed by atoms with Gasteiger partial charge in [-0.1, -0.05) is 5.16 Å². The molecule has 0 spiro atoms. The van der Waals surface area contributed by atoms with E-state index in [2.05, 4.69) is 29.5 Å². The van der Waals surface area contributed by atoms with Crippen molar-refractivity contribution < 1.29 is 4.52 Å². The van der Waals surface area contributed by atoms with E-state index in [-0.39, 0.29) is 0 Å². The molecule has 3 aromatic heterocycles. The molecule has 1 saturated heterocycles. The van der Waals surface area contributed by atoms with E-state index >= 15 is 0 Å². The Morgan fingerprint density at radius 3 is 2.62 bits per heavy atom. The minimum atomic E-state index is 0.680. The lowest BCUT2D eigenvalue weighted by Crippen LogP contribution is -2.45. The fourth-order valence-corrected chi connectivity index (χ4v) is 3.51. The largest absolute Gasteiger partial charge is 0.338 e. The molecule has 24 heavy (non-hydrogen) atoms. The minimum absolute atomic E-state index is 0.680. The standard InChI is InChI=1S/C16H20N6OS/c1-20-4-3-17-14(20)10-21-5-7-22(8-6-21)11-15-18-16(19-23-15)13-2-9-24-12-13/h2-4,9,12H,5-8,10-11H2,1H3. The van der Waals surface area contributed by atoms with E-state index in [9.17, 15) is 0 Å². The summed E-state index contributed by atoms with van der Waals surface area (Å²) in [5.41, 5.74) is 1.02. The van der Waals surface area contributed by atoms with E-state index in [0.29, 0.717) is 18.3 Å². The lowest BCUT2D eigenvalue weighted by molar-refractivity contribution is 0.109. The SMILES string of the molecule is Cn1ccnc1CN1CCN(Cc2nc(-c3ccsc3)no2)CC1. The lowest BCUT2D eigenvalue weighted by Gasteiger charge is -2.33. The van der Waals surface area contributed by atoms with Crippen LogP contribution >= 0.6 is 11.3 Å². The highest BCUT2D eigenvalue weighted by Gasteiger charge is 2.20. The molecular formula is C16H20N6OS. The zero-order chi connectivity index (χ0) is 16.4. The molecule has 1 aliphatic heterocycles. The molecule has 0 N–H and O–H groups in total. The Morgan fingerprint density at radius 2 is 1.96 bits per heavy atom. The smallest absolute Gasteiger partial charge is 0.241 e. The third-order valence-corrected chi connectivity index (χ3v) is 5.04. The second-order valence-electron chi connectivity index (χ2n) is 6.03. The van der Waals surface area contributed by atoms with Crippen molar-refractivity contribution in [3.05, 3.63) is 40.9 Å². The molecule has 1 fully saturated rings. The van der Waals surface area contributed by atoms with E-state index in [0.717, 1.165) is 44.1 Å². The summed E-state index contributed by atoms with van der Waals surface area (Å²) in [6, 6.07) is 2.01. The van der Waals surface area contributed by atoms with Crippen LogP contribution in [0, 0.1) is 0 Å². The van der Waals surface area contributed by atoms with Crippen LogP contribution in [0.25, 0.3) is 11.4 Å². The monoisotopic (exact) mass is 344 g/mol. The Bertz CT molecular complexity index is 772. The number of aryl methyl sites for hydroxylation is 1. The van der Waals surface area contributed by atoms with E-state index < -0.39 is 0 Å². The molecule has 0 bridgehead atoms. The van der Waals surface area contributed by atoms with E-state index in [1.54, 1.807) is 11.3 Å². The summed E-state index contributed by atoms with van der Waals surface area (Å²) in [5, 5.41) is 8.12. The average molecular weight is 344 g/mol. The number of imidazole rings is 1. The Labute approximate surface area is 144 Å². The van der Waals surface area contributed by atoms with Gasteiger partial charge in [0.05, 0.1) is 13.1 Å². The van der Waals surface area contributed by atoms with Crippen LogP contribution in [0.1, 0.15) is 11.7 Å². The van der Waals surface area contributed by atoms with Crippen LogP contribution in [0.4, 0.5) is 0 Å². The molecule has 126 valence electrons.